The van der Waals surface area contributed by atoms with Gasteiger partial charge in [-0.05, 0) is 48.7 Å². The van der Waals surface area contributed by atoms with E-state index >= 15 is 0 Å². The van der Waals surface area contributed by atoms with Crippen LogP contribution in [0.25, 0.3) is 22.4 Å². The fourth-order valence-corrected chi connectivity index (χ4v) is 5.14. The summed E-state index contributed by atoms with van der Waals surface area (Å²) < 4.78 is 80.3. The summed E-state index contributed by atoms with van der Waals surface area (Å²) >= 11 is 5.91. The van der Waals surface area contributed by atoms with Crippen LogP contribution in [0, 0.1) is 11.7 Å². The summed E-state index contributed by atoms with van der Waals surface area (Å²) in [4.78, 5) is 39.7. The number of rotatable bonds is 4. The van der Waals surface area contributed by atoms with Crippen LogP contribution in [0.15, 0.2) is 59.8 Å². The van der Waals surface area contributed by atoms with Gasteiger partial charge in [0.25, 0.3) is 5.56 Å². The zero-order chi connectivity index (χ0) is 34.6. The number of alkyl halides is 5. The van der Waals surface area contributed by atoms with Crippen LogP contribution in [0.5, 0.6) is 5.75 Å². The van der Waals surface area contributed by atoms with Gasteiger partial charge in [-0.1, -0.05) is 24.9 Å². The second kappa shape index (κ2) is 14.3. The standard InChI is InChI=1S/C28H25ClF3N5O3.C2HF3O2/c1-15-4-3-5-21(19-12-17(8-10-33-19)26-20(35-27(15)39)14-34-36(26)2)37-11-9-16(13-23(37)38)24-22(40-28(31)32)7-6-18(29)25(24)30;3-2(4,5)1(6)7/h6-15,21,28H,3-5H2,1-2H3,(H,35,39);(H,6,7)/t15-,21+;/m1./s1. The van der Waals surface area contributed by atoms with Crippen molar-refractivity contribution in [1.82, 2.24) is 19.3 Å². The van der Waals surface area contributed by atoms with Gasteiger partial charge in [0.2, 0.25) is 5.91 Å². The van der Waals surface area contributed by atoms with Crippen molar-refractivity contribution in [3.8, 4) is 28.1 Å². The minimum Gasteiger partial charge on any atom is -0.475 e. The Labute approximate surface area is 267 Å². The highest BCUT2D eigenvalue weighted by Gasteiger charge is 2.38. The normalized spacial score (nSPS) is 16.6. The molecule has 1 aliphatic heterocycles. The van der Waals surface area contributed by atoms with Gasteiger partial charge in [0.05, 0.1) is 39.9 Å². The molecule has 1 aromatic carbocycles. The number of benzene rings is 1. The minimum absolute atomic E-state index is 0.0385. The number of hydrogen-bond acceptors (Lipinski definition) is 6. The number of carboxylic acids is 1. The summed E-state index contributed by atoms with van der Waals surface area (Å²) in [5.41, 5.74) is 1.81. The Bertz CT molecular complexity index is 1840. The Morgan fingerprint density at radius 2 is 1.83 bits per heavy atom. The van der Waals surface area contributed by atoms with Crippen molar-refractivity contribution >= 4 is 29.2 Å². The zero-order valence-corrected chi connectivity index (χ0v) is 25.3. The smallest absolute Gasteiger partial charge is 0.475 e. The van der Waals surface area contributed by atoms with E-state index in [9.17, 15) is 35.9 Å². The van der Waals surface area contributed by atoms with Crippen molar-refractivity contribution in [2.24, 2.45) is 13.0 Å². The summed E-state index contributed by atoms with van der Waals surface area (Å²) in [5.74, 6) is -4.59. The van der Waals surface area contributed by atoms with Crippen LogP contribution in [-0.2, 0) is 16.6 Å². The van der Waals surface area contributed by atoms with Crippen LogP contribution < -0.4 is 15.6 Å². The van der Waals surface area contributed by atoms with Crippen molar-refractivity contribution in [3.63, 3.8) is 0 Å². The van der Waals surface area contributed by atoms with Crippen LogP contribution in [0.2, 0.25) is 5.02 Å². The van der Waals surface area contributed by atoms with E-state index in [1.165, 1.54) is 16.8 Å². The lowest BCUT2D eigenvalue weighted by molar-refractivity contribution is -0.192. The molecular weight excluding hydrogens is 660 g/mol. The topological polar surface area (TPSA) is 128 Å². The fraction of sp³-hybridized carbons (Fsp3) is 0.300. The summed E-state index contributed by atoms with van der Waals surface area (Å²) in [5, 5.41) is 14.1. The number of aromatic nitrogens is 4. The average Bonchev–Trinajstić information content (AvgIpc) is 3.36. The van der Waals surface area contributed by atoms with Gasteiger partial charge in [-0.2, -0.15) is 27.1 Å². The second-order valence-electron chi connectivity index (χ2n) is 10.4. The summed E-state index contributed by atoms with van der Waals surface area (Å²) in [6, 6.07) is 7.96. The fourth-order valence-electron chi connectivity index (χ4n) is 4.98. The maximum absolute atomic E-state index is 15.0. The van der Waals surface area contributed by atoms with Crippen molar-refractivity contribution in [2.45, 2.75) is 45.0 Å². The van der Waals surface area contributed by atoms with Gasteiger partial charge in [-0.3, -0.25) is 19.3 Å². The third-order valence-corrected chi connectivity index (χ3v) is 7.53. The molecule has 250 valence electrons. The molecule has 0 unspecified atom stereocenters. The summed E-state index contributed by atoms with van der Waals surface area (Å²) in [6.07, 6.45) is 1.26. The van der Waals surface area contributed by atoms with E-state index in [0.717, 1.165) is 23.8 Å². The lowest BCUT2D eigenvalue weighted by Crippen LogP contribution is -2.26. The Kier molecular flexibility index (Phi) is 10.6. The number of ether oxygens (including phenoxy) is 1. The first kappa shape index (κ1) is 35.0. The van der Waals surface area contributed by atoms with E-state index in [1.807, 2.05) is 13.0 Å². The van der Waals surface area contributed by atoms with E-state index in [1.54, 1.807) is 30.2 Å². The molecule has 5 rings (SSSR count). The third kappa shape index (κ3) is 8.11. The maximum atomic E-state index is 15.0. The molecule has 3 aromatic heterocycles. The van der Waals surface area contributed by atoms with Gasteiger partial charge < -0.3 is 19.7 Å². The number of aryl methyl sites for hydroxylation is 1. The Morgan fingerprint density at radius 1 is 1.13 bits per heavy atom. The largest absolute Gasteiger partial charge is 0.490 e. The van der Waals surface area contributed by atoms with Gasteiger partial charge in [0, 0.05) is 37.0 Å². The van der Waals surface area contributed by atoms with Crippen LogP contribution in [0.3, 0.4) is 0 Å². The predicted molar refractivity (Wildman–Crippen MR) is 158 cm³/mol. The molecule has 0 saturated carbocycles. The molecule has 2 bridgehead atoms. The maximum Gasteiger partial charge on any atom is 0.490 e. The number of anilines is 1. The highest BCUT2D eigenvalue weighted by Crippen LogP contribution is 2.37. The highest BCUT2D eigenvalue weighted by atomic mass is 35.5. The molecule has 0 saturated heterocycles. The molecule has 10 nitrogen and oxygen atoms in total. The molecule has 1 aliphatic rings. The van der Waals surface area contributed by atoms with E-state index < -0.39 is 41.9 Å². The molecule has 47 heavy (non-hydrogen) atoms. The Morgan fingerprint density at radius 3 is 2.47 bits per heavy atom. The average molecular weight is 686 g/mol. The lowest BCUT2D eigenvalue weighted by atomic mass is 9.96. The minimum atomic E-state index is -5.08. The van der Waals surface area contributed by atoms with Crippen LogP contribution in [0.4, 0.5) is 32.0 Å². The quantitative estimate of drug-likeness (QED) is 0.229. The molecule has 17 heteroatoms. The SMILES string of the molecule is C[C@@H]1CCC[C@H](n2ccc(-c3c(OC(F)F)ccc(Cl)c3F)cc2=O)c2cc(ccn2)-c2c(cnn2C)NC1=O.O=C(O)C(F)(F)F. The Hall–Kier alpha value is -4.86. The number of halogens is 7. The van der Waals surface area contributed by atoms with Crippen molar-refractivity contribution < 1.29 is 45.8 Å². The monoisotopic (exact) mass is 685 g/mol. The molecule has 1 amide bonds. The number of nitrogens with zero attached hydrogens (tertiary/aromatic N) is 4. The number of carboxylic acid groups (broad SMARTS) is 1. The summed E-state index contributed by atoms with van der Waals surface area (Å²) in [7, 11) is 1.77. The van der Waals surface area contributed by atoms with Crippen LogP contribution >= 0.6 is 11.6 Å². The number of amides is 1. The number of fused-ring (bicyclic) bond motifs is 4. The second-order valence-corrected chi connectivity index (χ2v) is 10.8. The molecule has 2 N–H and O–H groups in total. The van der Waals surface area contributed by atoms with Crippen molar-refractivity contribution in [3.05, 3.63) is 81.9 Å². The van der Waals surface area contributed by atoms with Gasteiger partial charge in [0.1, 0.15) is 5.75 Å². The van der Waals surface area contributed by atoms with Crippen molar-refractivity contribution in [1.29, 1.82) is 0 Å². The van der Waals surface area contributed by atoms with Gasteiger partial charge in [-0.25, -0.2) is 9.18 Å². The van der Waals surface area contributed by atoms with Gasteiger partial charge >= 0.3 is 18.8 Å². The van der Waals surface area contributed by atoms with Gasteiger partial charge in [-0.15, -0.1) is 0 Å². The zero-order valence-electron chi connectivity index (χ0n) is 24.6. The molecule has 4 heterocycles. The number of pyridine rings is 2. The van der Waals surface area contributed by atoms with E-state index in [4.69, 9.17) is 21.5 Å². The highest BCUT2D eigenvalue weighted by molar-refractivity contribution is 6.31. The number of carbonyl (C=O) groups is 2. The molecule has 0 spiro atoms. The number of nitrogens with one attached hydrogen (secondary N) is 1. The first-order chi connectivity index (χ1) is 22.1. The third-order valence-electron chi connectivity index (χ3n) is 7.24. The van der Waals surface area contributed by atoms with E-state index in [-0.39, 0.29) is 28.0 Å². The molecule has 0 radical (unpaired) electrons. The van der Waals surface area contributed by atoms with Crippen molar-refractivity contribution in [2.75, 3.05) is 5.32 Å². The molecule has 4 aromatic rings. The predicted octanol–water partition coefficient (Wildman–Crippen LogP) is 6.69. The van der Waals surface area contributed by atoms with Crippen LogP contribution in [-0.4, -0.2) is 49.1 Å². The lowest BCUT2D eigenvalue weighted by Gasteiger charge is -2.23. The molecule has 0 fully saturated rings. The van der Waals surface area contributed by atoms with Crippen LogP contribution in [0.1, 0.15) is 37.9 Å². The Balaban J connectivity index is 0.000000644. The molecule has 2 atom stereocenters. The van der Waals surface area contributed by atoms with Gasteiger partial charge in [0.15, 0.2) is 5.82 Å². The first-order valence-corrected chi connectivity index (χ1v) is 14.2. The number of carbonyl (C=O) groups excluding carboxylic acids is 1. The number of aliphatic carboxylic acids is 1. The van der Waals surface area contributed by atoms with E-state index in [0.29, 0.717) is 36.3 Å². The van der Waals surface area contributed by atoms with E-state index in [2.05, 4.69) is 20.1 Å². The summed E-state index contributed by atoms with van der Waals surface area (Å²) in [6.45, 7) is -1.36. The number of hydrogen-bond donors (Lipinski definition) is 2. The molecular formula is C30H26ClF6N5O5. The first-order valence-electron chi connectivity index (χ1n) is 13.8. The molecule has 0 aliphatic carbocycles.